The van der Waals surface area contributed by atoms with Gasteiger partial charge in [-0.1, -0.05) is 13.0 Å². The van der Waals surface area contributed by atoms with E-state index in [9.17, 15) is 18.0 Å². The van der Waals surface area contributed by atoms with Crippen molar-refractivity contribution in [2.75, 3.05) is 37.6 Å². The molecule has 2 heterocycles. The summed E-state index contributed by atoms with van der Waals surface area (Å²) in [5, 5.41) is 6.06. The van der Waals surface area contributed by atoms with Gasteiger partial charge in [-0.3, -0.25) is 9.69 Å². The number of alkyl halides is 3. The van der Waals surface area contributed by atoms with Crippen molar-refractivity contribution in [3.05, 3.63) is 29.1 Å². The third-order valence-corrected chi connectivity index (χ3v) is 7.79. The molecule has 0 spiro atoms. The van der Waals surface area contributed by atoms with E-state index < -0.39 is 11.7 Å². The Morgan fingerprint density at radius 3 is 2.53 bits per heavy atom. The summed E-state index contributed by atoms with van der Waals surface area (Å²) in [5.74, 6) is 0.956. The summed E-state index contributed by atoms with van der Waals surface area (Å²) >= 11 is 1.37. The van der Waals surface area contributed by atoms with Gasteiger partial charge in [0.2, 0.25) is 5.91 Å². The Balaban J connectivity index is 1.21. The zero-order valence-electron chi connectivity index (χ0n) is 18.6. The maximum absolute atomic E-state index is 13.0. The van der Waals surface area contributed by atoms with E-state index in [0.29, 0.717) is 17.2 Å². The molecule has 8 heteroatoms. The summed E-state index contributed by atoms with van der Waals surface area (Å²) in [6, 6.07) is 4.38. The van der Waals surface area contributed by atoms with Gasteiger partial charge in [0.1, 0.15) is 0 Å². The molecule has 1 saturated heterocycles. The van der Waals surface area contributed by atoms with Crippen LogP contribution in [0.4, 0.5) is 18.9 Å². The second-order valence-electron chi connectivity index (χ2n) is 9.29. The lowest BCUT2D eigenvalue weighted by Crippen LogP contribution is -2.46. The lowest BCUT2D eigenvalue weighted by Gasteiger charge is -2.36. The highest BCUT2D eigenvalue weighted by molar-refractivity contribution is 7.17. The molecule has 1 aromatic carbocycles. The molecule has 2 aliphatic rings. The van der Waals surface area contributed by atoms with E-state index in [1.165, 1.54) is 36.3 Å². The molecular formula is C24H32F3N3OS. The third-order valence-electron chi connectivity index (χ3n) is 6.85. The number of carbonyl (C=O) groups excluding carboxylic acids is 1. The number of benzene rings is 1. The number of carbonyl (C=O) groups is 1. The largest absolute Gasteiger partial charge is 0.416 e. The van der Waals surface area contributed by atoms with Crippen molar-refractivity contribution in [1.82, 2.24) is 10.2 Å². The number of amides is 1. The fraction of sp³-hybridized carbons (Fsp3) is 0.625. The normalized spacial score (nSPS) is 22.9. The number of nitrogens with zero attached hydrogens (tertiary/aromatic N) is 2. The van der Waals surface area contributed by atoms with Crippen molar-refractivity contribution < 1.29 is 18.0 Å². The van der Waals surface area contributed by atoms with Gasteiger partial charge in [-0.05, 0) is 56.7 Å². The number of anilines is 1. The Morgan fingerprint density at radius 1 is 1.12 bits per heavy atom. The van der Waals surface area contributed by atoms with Gasteiger partial charge in [0.25, 0.3) is 0 Å². The minimum Gasteiger partial charge on any atom is -0.368 e. The second kappa shape index (κ2) is 10.00. The molecule has 1 aliphatic carbocycles. The van der Waals surface area contributed by atoms with Crippen LogP contribution in [0, 0.1) is 5.92 Å². The van der Waals surface area contributed by atoms with Gasteiger partial charge in [0, 0.05) is 54.1 Å². The molecule has 1 amide bonds. The smallest absolute Gasteiger partial charge is 0.368 e. The molecular weight excluding hydrogens is 435 g/mol. The minimum atomic E-state index is -4.31. The molecule has 0 radical (unpaired) electrons. The fourth-order valence-corrected chi connectivity index (χ4v) is 5.82. The Labute approximate surface area is 191 Å². The van der Waals surface area contributed by atoms with Crippen molar-refractivity contribution in [2.45, 2.75) is 57.7 Å². The number of hydrogen-bond donors (Lipinski definition) is 1. The molecule has 32 heavy (non-hydrogen) atoms. The number of thiophene rings is 1. The molecule has 2 fully saturated rings. The first-order valence-corrected chi connectivity index (χ1v) is 12.5. The van der Waals surface area contributed by atoms with Gasteiger partial charge in [-0.15, -0.1) is 11.3 Å². The van der Waals surface area contributed by atoms with Crippen LogP contribution in [-0.2, 0) is 11.0 Å². The highest BCUT2D eigenvalue weighted by Crippen LogP contribution is 2.38. The molecule has 2 aromatic rings. The van der Waals surface area contributed by atoms with Crippen LogP contribution in [0.15, 0.2) is 23.6 Å². The predicted molar refractivity (Wildman–Crippen MR) is 124 cm³/mol. The van der Waals surface area contributed by atoms with Crippen molar-refractivity contribution in [3.63, 3.8) is 0 Å². The Morgan fingerprint density at radius 2 is 1.84 bits per heavy atom. The summed E-state index contributed by atoms with van der Waals surface area (Å²) < 4.78 is 39.6. The van der Waals surface area contributed by atoms with Crippen molar-refractivity contribution in [2.24, 2.45) is 5.92 Å². The van der Waals surface area contributed by atoms with Crippen LogP contribution >= 0.6 is 11.3 Å². The molecule has 0 bridgehead atoms. The van der Waals surface area contributed by atoms with Crippen LogP contribution in [-0.4, -0.2) is 49.6 Å². The highest BCUT2D eigenvalue weighted by Gasteiger charge is 2.31. The summed E-state index contributed by atoms with van der Waals surface area (Å²) in [5.41, 5.74) is 0.435. The topological polar surface area (TPSA) is 35.6 Å². The number of hydrogen-bond acceptors (Lipinski definition) is 4. The Hall–Kier alpha value is -1.80. The maximum Gasteiger partial charge on any atom is 0.416 e. The monoisotopic (exact) mass is 467 g/mol. The van der Waals surface area contributed by atoms with Gasteiger partial charge in [0.05, 0.1) is 11.3 Å². The van der Waals surface area contributed by atoms with Crippen LogP contribution < -0.4 is 10.2 Å². The second-order valence-corrected chi connectivity index (χ2v) is 10.2. The van der Waals surface area contributed by atoms with E-state index in [1.807, 2.05) is 5.38 Å². The fourth-order valence-electron chi connectivity index (χ4n) is 4.82. The number of halogens is 3. The first-order valence-electron chi connectivity index (χ1n) is 11.6. The number of nitrogens with one attached hydrogen (secondary N) is 1. The number of rotatable bonds is 6. The van der Waals surface area contributed by atoms with Crippen molar-refractivity contribution >= 4 is 33.0 Å². The van der Waals surface area contributed by atoms with Gasteiger partial charge in [-0.2, -0.15) is 13.2 Å². The van der Waals surface area contributed by atoms with E-state index in [2.05, 4.69) is 22.0 Å². The Kier molecular flexibility index (Phi) is 7.30. The summed E-state index contributed by atoms with van der Waals surface area (Å²) in [6.07, 6.45) is 1.74. The molecule has 1 saturated carbocycles. The van der Waals surface area contributed by atoms with Gasteiger partial charge in [0.15, 0.2) is 0 Å². The summed E-state index contributed by atoms with van der Waals surface area (Å²) in [7, 11) is 0. The third kappa shape index (κ3) is 5.76. The molecule has 0 unspecified atom stereocenters. The van der Waals surface area contributed by atoms with Crippen molar-refractivity contribution in [3.8, 4) is 0 Å². The minimum absolute atomic E-state index is 0.172. The first-order chi connectivity index (χ1) is 15.3. The molecule has 1 aromatic heterocycles. The zero-order chi connectivity index (χ0) is 22.7. The summed E-state index contributed by atoms with van der Waals surface area (Å²) in [4.78, 5) is 16.9. The molecule has 176 valence electrons. The molecule has 4 nitrogen and oxygen atoms in total. The molecule has 0 atom stereocenters. The first kappa shape index (κ1) is 23.4. The molecule has 4 rings (SSSR count). The standard InChI is InChI=1S/C24H32F3N3OS/c1-17-4-7-19(8-5-17)28-23(31)3-2-10-29-11-13-30(14-12-29)21-16-32-22-15-18(24(25,26)27)6-9-20(21)22/h6,9,15-17,19H,2-5,7-8,10-14H2,1H3,(H,28,31). The number of piperazine rings is 1. The lowest BCUT2D eigenvalue weighted by atomic mass is 9.87. The highest BCUT2D eigenvalue weighted by atomic mass is 32.1. The van der Waals surface area contributed by atoms with Crippen LogP contribution in [0.25, 0.3) is 10.1 Å². The van der Waals surface area contributed by atoms with Crippen LogP contribution in [0.3, 0.4) is 0 Å². The predicted octanol–water partition coefficient (Wildman–Crippen LogP) is 5.52. The SMILES string of the molecule is CC1CCC(NC(=O)CCCN2CCN(c3csc4cc(C(F)(F)F)ccc34)CC2)CC1. The van der Waals surface area contributed by atoms with Crippen LogP contribution in [0.1, 0.15) is 51.0 Å². The molecule has 1 aliphatic heterocycles. The zero-order valence-corrected chi connectivity index (χ0v) is 19.4. The van der Waals surface area contributed by atoms with Gasteiger partial charge >= 0.3 is 6.18 Å². The van der Waals surface area contributed by atoms with E-state index in [-0.39, 0.29) is 5.91 Å². The number of fused-ring (bicyclic) bond motifs is 1. The Bertz CT molecular complexity index is 913. The maximum atomic E-state index is 13.0. The van der Waals surface area contributed by atoms with Crippen LogP contribution in [0.5, 0.6) is 0 Å². The lowest BCUT2D eigenvalue weighted by molar-refractivity contribution is -0.137. The quantitative estimate of drug-likeness (QED) is 0.608. The van der Waals surface area contributed by atoms with E-state index >= 15 is 0 Å². The van der Waals surface area contributed by atoms with E-state index in [0.717, 1.165) is 69.0 Å². The summed E-state index contributed by atoms with van der Waals surface area (Å²) in [6.45, 7) is 6.68. The van der Waals surface area contributed by atoms with Crippen molar-refractivity contribution in [1.29, 1.82) is 0 Å². The van der Waals surface area contributed by atoms with E-state index in [1.54, 1.807) is 6.07 Å². The molecule has 1 N–H and O–H groups in total. The van der Waals surface area contributed by atoms with E-state index in [4.69, 9.17) is 0 Å². The average Bonchev–Trinajstić information content (AvgIpc) is 3.19. The van der Waals surface area contributed by atoms with Crippen LogP contribution in [0.2, 0.25) is 0 Å². The average molecular weight is 468 g/mol. The van der Waals surface area contributed by atoms with Gasteiger partial charge < -0.3 is 10.2 Å². The van der Waals surface area contributed by atoms with Gasteiger partial charge in [-0.25, -0.2) is 0 Å².